The quantitative estimate of drug-likeness (QED) is 0.458. The van der Waals surface area contributed by atoms with Gasteiger partial charge in [0.15, 0.2) is 0 Å². The number of alkyl halides is 3. The van der Waals surface area contributed by atoms with Crippen LogP contribution < -0.4 is 0 Å². The highest BCUT2D eigenvalue weighted by Gasteiger charge is 2.37. The van der Waals surface area contributed by atoms with Crippen molar-refractivity contribution in [3.05, 3.63) is 27.2 Å². The van der Waals surface area contributed by atoms with Gasteiger partial charge in [-0.3, -0.25) is 9.79 Å². The zero-order valence-corrected chi connectivity index (χ0v) is 16.0. The van der Waals surface area contributed by atoms with Gasteiger partial charge in [-0.05, 0) is 37.0 Å². The minimum absolute atomic E-state index is 0.197. The van der Waals surface area contributed by atoms with Crippen LogP contribution in [0.4, 0.5) is 13.2 Å². The number of thioether (sulfide) groups is 1. The number of carbonyl (C=O) groups is 1. The van der Waals surface area contributed by atoms with Crippen LogP contribution in [0.25, 0.3) is 0 Å². The van der Waals surface area contributed by atoms with Gasteiger partial charge >= 0.3 is 6.18 Å². The van der Waals surface area contributed by atoms with Crippen molar-refractivity contribution in [2.45, 2.75) is 49.6 Å². The topological polar surface area (TPSA) is 45.6 Å². The molecule has 142 valence electrons. The van der Waals surface area contributed by atoms with E-state index in [9.17, 15) is 18.0 Å². The first kappa shape index (κ1) is 19.4. The summed E-state index contributed by atoms with van der Waals surface area (Å²) in [7, 11) is 2.02. The van der Waals surface area contributed by atoms with Gasteiger partial charge < -0.3 is 4.90 Å². The van der Waals surface area contributed by atoms with E-state index in [-0.39, 0.29) is 11.8 Å². The Morgan fingerprint density at radius 1 is 1.42 bits per heavy atom. The van der Waals surface area contributed by atoms with Crippen molar-refractivity contribution >= 4 is 35.1 Å². The highest BCUT2D eigenvalue weighted by molar-refractivity contribution is 8.02. The van der Waals surface area contributed by atoms with E-state index >= 15 is 0 Å². The zero-order chi connectivity index (χ0) is 18.7. The van der Waals surface area contributed by atoms with Gasteiger partial charge in [-0.15, -0.1) is 23.1 Å². The van der Waals surface area contributed by atoms with Gasteiger partial charge in [-0.25, -0.2) is 4.98 Å². The number of unbranched alkanes of at least 4 members (excludes halogenated alkanes) is 1. The van der Waals surface area contributed by atoms with Gasteiger partial charge in [0.1, 0.15) is 10.4 Å². The monoisotopic (exact) mass is 403 g/mol. The number of thiazole rings is 1. The molecule has 0 bridgehead atoms. The maximum Gasteiger partial charge on any atom is 0.449 e. The van der Waals surface area contributed by atoms with E-state index in [0.29, 0.717) is 18.9 Å². The molecule has 1 aliphatic carbocycles. The summed E-state index contributed by atoms with van der Waals surface area (Å²) >= 11 is 3.45. The van der Waals surface area contributed by atoms with Crippen LogP contribution in [0.1, 0.15) is 59.0 Å². The molecule has 0 N–H and O–H groups in total. The third kappa shape index (κ3) is 4.88. The van der Waals surface area contributed by atoms with Crippen molar-refractivity contribution in [3.8, 4) is 0 Å². The molecule has 9 heteroatoms. The molecule has 1 aliphatic heterocycles. The highest BCUT2D eigenvalue weighted by atomic mass is 32.2. The molecule has 2 heterocycles. The minimum atomic E-state index is -4.72. The number of hydrogen-bond donors (Lipinski definition) is 0. The van der Waals surface area contributed by atoms with E-state index in [0.717, 1.165) is 10.7 Å². The summed E-state index contributed by atoms with van der Waals surface area (Å²) in [5.74, 6) is -1.09. The fourth-order valence-electron chi connectivity index (χ4n) is 2.59. The Kier molecular flexibility index (Phi) is 6.06. The van der Waals surface area contributed by atoms with Gasteiger partial charge in [0.05, 0.1) is 5.69 Å². The summed E-state index contributed by atoms with van der Waals surface area (Å²) in [5, 5.41) is 3.31. The van der Waals surface area contributed by atoms with E-state index in [1.54, 1.807) is 29.3 Å². The summed E-state index contributed by atoms with van der Waals surface area (Å²) in [4.78, 5) is 23.3. The summed E-state index contributed by atoms with van der Waals surface area (Å²) in [6.07, 6.45) is 1.59. The second-order valence-electron chi connectivity index (χ2n) is 6.43. The smallest absolute Gasteiger partial charge is 0.362 e. The Morgan fingerprint density at radius 2 is 2.19 bits per heavy atom. The Labute approximate surface area is 158 Å². The molecule has 1 unspecified atom stereocenters. The minimum Gasteiger partial charge on any atom is -0.362 e. The highest BCUT2D eigenvalue weighted by Crippen LogP contribution is 2.47. The fourth-order valence-corrected chi connectivity index (χ4v) is 4.99. The maximum atomic E-state index is 12.1. The van der Waals surface area contributed by atoms with Crippen molar-refractivity contribution in [3.63, 3.8) is 0 Å². The SMILES string of the molecule is CN1C=CSC1c1nc(C=NCCCCC(=O)C(F)(F)F)c(C2CC2)s1. The van der Waals surface area contributed by atoms with Crippen LogP contribution in [0, 0.1) is 0 Å². The number of hydrogen-bond acceptors (Lipinski definition) is 6. The lowest BCUT2D eigenvalue weighted by atomic mass is 10.2. The lowest BCUT2D eigenvalue weighted by Crippen LogP contribution is -2.22. The molecule has 4 nitrogen and oxygen atoms in total. The lowest BCUT2D eigenvalue weighted by molar-refractivity contribution is -0.171. The largest absolute Gasteiger partial charge is 0.449 e. The number of nitrogens with zero attached hydrogens (tertiary/aromatic N) is 3. The predicted octanol–water partition coefficient (Wildman–Crippen LogP) is 4.89. The first-order valence-electron chi connectivity index (χ1n) is 8.51. The first-order chi connectivity index (χ1) is 12.4. The van der Waals surface area contributed by atoms with Gasteiger partial charge in [0.2, 0.25) is 5.78 Å². The van der Waals surface area contributed by atoms with Crippen LogP contribution in [0.5, 0.6) is 0 Å². The second kappa shape index (κ2) is 8.12. The van der Waals surface area contributed by atoms with Gasteiger partial charge in [0.25, 0.3) is 0 Å². The number of aromatic nitrogens is 1. The number of ketones is 1. The molecule has 1 atom stereocenters. The Balaban J connectivity index is 1.53. The summed E-state index contributed by atoms with van der Waals surface area (Å²) in [6.45, 7) is 0.405. The zero-order valence-electron chi connectivity index (χ0n) is 14.3. The molecular weight excluding hydrogens is 383 g/mol. The van der Waals surface area contributed by atoms with E-state index in [4.69, 9.17) is 4.98 Å². The molecule has 3 rings (SSSR count). The summed E-state index contributed by atoms with van der Waals surface area (Å²) in [6, 6.07) is 0. The number of carbonyl (C=O) groups excluding carboxylic acids is 1. The number of Topliss-reactive ketones (excluding diaryl/α,β-unsaturated/α-hetero) is 1. The van der Waals surface area contributed by atoms with E-state index < -0.39 is 18.4 Å². The van der Waals surface area contributed by atoms with Crippen LogP contribution in [-0.4, -0.2) is 41.7 Å². The number of aliphatic imine (C=N–C) groups is 1. The molecular formula is C17H20F3N3OS2. The average molecular weight is 403 g/mol. The van der Waals surface area contributed by atoms with Gasteiger partial charge in [-0.2, -0.15) is 13.2 Å². The summed E-state index contributed by atoms with van der Waals surface area (Å²) < 4.78 is 36.4. The van der Waals surface area contributed by atoms with Crippen LogP contribution in [0.15, 0.2) is 16.6 Å². The Bertz CT molecular complexity index is 711. The Hall–Kier alpha value is -1.35. The molecule has 1 aromatic rings. The third-order valence-electron chi connectivity index (χ3n) is 4.20. The lowest BCUT2D eigenvalue weighted by Gasteiger charge is -2.16. The summed E-state index contributed by atoms with van der Waals surface area (Å²) in [5.41, 5.74) is 0.889. The average Bonchev–Trinajstić information content (AvgIpc) is 3.20. The molecule has 1 saturated carbocycles. The molecule has 0 aromatic carbocycles. The normalized spacial score (nSPS) is 20.5. The molecule has 0 amide bonds. The van der Waals surface area contributed by atoms with Gasteiger partial charge in [0, 0.05) is 37.3 Å². The fraction of sp³-hybridized carbons (Fsp3) is 0.588. The van der Waals surface area contributed by atoms with Crippen LogP contribution >= 0.6 is 23.1 Å². The number of rotatable bonds is 8. The predicted molar refractivity (Wildman–Crippen MR) is 98.7 cm³/mol. The van der Waals surface area contributed by atoms with Crippen LogP contribution in [-0.2, 0) is 4.79 Å². The van der Waals surface area contributed by atoms with Crippen LogP contribution in [0.2, 0.25) is 0 Å². The Morgan fingerprint density at radius 3 is 2.81 bits per heavy atom. The van der Waals surface area contributed by atoms with Crippen molar-refractivity contribution in [2.75, 3.05) is 13.6 Å². The molecule has 0 saturated heterocycles. The van der Waals surface area contributed by atoms with E-state index in [1.807, 2.05) is 13.2 Å². The van der Waals surface area contributed by atoms with Crippen LogP contribution in [0.3, 0.4) is 0 Å². The van der Waals surface area contributed by atoms with Crippen molar-refractivity contribution in [1.82, 2.24) is 9.88 Å². The maximum absolute atomic E-state index is 12.1. The second-order valence-corrected chi connectivity index (χ2v) is 8.48. The molecule has 1 aromatic heterocycles. The molecule has 0 radical (unpaired) electrons. The standard InChI is InChI=1S/C17H20F3N3OS2/c1-23-8-9-25-16(23)15-22-12(14(26-15)11-5-6-11)10-21-7-3-2-4-13(24)17(18,19)20/h8-11,16H,2-7H2,1H3. The third-order valence-corrected chi connectivity index (χ3v) is 6.73. The number of halogens is 3. The molecule has 2 aliphatic rings. The van der Waals surface area contributed by atoms with E-state index in [1.165, 1.54) is 17.7 Å². The molecule has 0 spiro atoms. The van der Waals surface area contributed by atoms with Gasteiger partial charge in [-0.1, -0.05) is 0 Å². The molecule has 26 heavy (non-hydrogen) atoms. The first-order valence-corrected chi connectivity index (χ1v) is 10.3. The van der Waals surface area contributed by atoms with Crippen molar-refractivity contribution in [2.24, 2.45) is 4.99 Å². The van der Waals surface area contributed by atoms with Crippen molar-refractivity contribution in [1.29, 1.82) is 0 Å². The molecule has 1 fully saturated rings. The van der Waals surface area contributed by atoms with Crippen molar-refractivity contribution < 1.29 is 18.0 Å². The van der Waals surface area contributed by atoms with E-state index in [2.05, 4.69) is 15.3 Å².